The first kappa shape index (κ1) is 19.7. The summed E-state index contributed by atoms with van der Waals surface area (Å²) in [6, 6.07) is 14.0. The Morgan fingerprint density at radius 3 is 2.21 bits per heavy atom. The normalized spacial score (nSPS) is 18.5. The van der Waals surface area contributed by atoms with Crippen molar-refractivity contribution in [2.75, 3.05) is 13.7 Å². The predicted molar refractivity (Wildman–Crippen MR) is 108 cm³/mol. The van der Waals surface area contributed by atoms with Gasteiger partial charge in [0.2, 0.25) is 0 Å². The van der Waals surface area contributed by atoms with Gasteiger partial charge in [0.25, 0.3) is 11.7 Å². The van der Waals surface area contributed by atoms with E-state index in [0.717, 1.165) is 17.5 Å². The molecule has 1 aliphatic heterocycles. The van der Waals surface area contributed by atoms with Crippen LogP contribution in [0.3, 0.4) is 0 Å². The topological polar surface area (TPSA) is 66.8 Å². The number of carbonyl (C=O) groups is 2. The van der Waals surface area contributed by atoms with Gasteiger partial charge >= 0.3 is 0 Å². The molecule has 0 aromatic heterocycles. The van der Waals surface area contributed by atoms with Crippen molar-refractivity contribution in [3.8, 4) is 5.75 Å². The highest BCUT2D eigenvalue weighted by Crippen LogP contribution is 2.39. The SMILES string of the molecule is CCCN1C(=O)C(=O)/C(=C(\O)c2ccc(CC)cc2)C1c1ccc(OC)cc1. The average molecular weight is 379 g/mol. The number of aliphatic hydroxyl groups excluding tert-OH is 1. The molecule has 1 N–H and O–H groups in total. The molecule has 0 saturated carbocycles. The van der Waals surface area contributed by atoms with Gasteiger partial charge in [0.05, 0.1) is 18.7 Å². The quantitative estimate of drug-likeness (QED) is 0.466. The van der Waals surface area contributed by atoms with Crippen molar-refractivity contribution in [2.24, 2.45) is 0 Å². The summed E-state index contributed by atoms with van der Waals surface area (Å²) in [6.45, 7) is 4.44. The van der Waals surface area contributed by atoms with Gasteiger partial charge in [-0.05, 0) is 36.1 Å². The van der Waals surface area contributed by atoms with Crippen LogP contribution in [0.2, 0.25) is 0 Å². The fourth-order valence-electron chi connectivity index (χ4n) is 3.54. The summed E-state index contributed by atoms with van der Waals surface area (Å²) in [7, 11) is 1.58. The third kappa shape index (κ3) is 3.52. The van der Waals surface area contributed by atoms with E-state index in [4.69, 9.17) is 4.74 Å². The number of carbonyl (C=O) groups excluding carboxylic acids is 2. The van der Waals surface area contributed by atoms with E-state index in [2.05, 4.69) is 6.92 Å². The molecular formula is C23H25NO4. The number of Topliss-reactive ketones (excluding diaryl/α,β-unsaturated/α-hetero) is 1. The lowest BCUT2D eigenvalue weighted by atomic mass is 9.95. The Bertz CT molecular complexity index is 897. The van der Waals surface area contributed by atoms with Gasteiger partial charge in [0.1, 0.15) is 11.5 Å². The van der Waals surface area contributed by atoms with E-state index in [9.17, 15) is 14.7 Å². The maximum Gasteiger partial charge on any atom is 0.295 e. The summed E-state index contributed by atoms with van der Waals surface area (Å²) in [5.41, 5.74) is 2.56. The molecule has 2 aromatic carbocycles. The molecule has 1 unspecified atom stereocenters. The summed E-state index contributed by atoms with van der Waals surface area (Å²) in [4.78, 5) is 27.0. The second-order valence-electron chi connectivity index (χ2n) is 6.82. The molecule has 2 aromatic rings. The van der Waals surface area contributed by atoms with Crippen LogP contribution in [0.4, 0.5) is 0 Å². The lowest BCUT2D eigenvalue weighted by molar-refractivity contribution is -0.139. The van der Waals surface area contributed by atoms with Crippen LogP contribution >= 0.6 is 0 Å². The minimum Gasteiger partial charge on any atom is -0.507 e. The van der Waals surface area contributed by atoms with E-state index < -0.39 is 17.7 Å². The fourth-order valence-corrected chi connectivity index (χ4v) is 3.54. The number of hydrogen-bond acceptors (Lipinski definition) is 4. The molecule has 1 saturated heterocycles. The van der Waals surface area contributed by atoms with Crippen LogP contribution in [0.15, 0.2) is 54.1 Å². The minimum absolute atomic E-state index is 0.132. The Morgan fingerprint density at radius 1 is 1.04 bits per heavy atom. The average Bonchev–Trinajstić information content (AvgIpc) is 2.98. The maximum atomic E-state index is 12.8. The molecule has 1 fully saturated rings. The van der Waals surface area contributed by atoms with Gasteiger partial charge in [-0.15, -0.1) is 0 Å². The van der Waals surface area contributed by atoms with Crippen LogP contribution < -0.4 is 4.74 Å². The summed E-state index contributed by atoms with van der Waals surface area (Å²) in [6.07, 6.45) is 1.60. The molecule has 0 bridgehead atoms. The number of nitrogens with zero attached hydrogens (tertiary/aromatic N) is 1. The van der Waals surface area contributed by atoms with Gasteiger partial charge in [0, 0.05) is 12.1 Å². The smallest absolute Gasteiger partial charge is 0.295 e. The molecule has 1 amide bonds. The van der Waals surface area contributed by atoms with Gasteiger partial charge < -0.3 is 14.7 Å². The van der Waals surface area contributed by atoms with Crippen LogP contribution in [-0.4, -0.2) is 35.4 Å². The molecule has 1 heterocycles. The van der Waals surface area contributed by atoms with Crippen molar-refractivity contribution in [2.45, 2.75) is 32.7 Å². The molecule has 0 aliphatic carbocycles. The molecule has 1 aliphatic rings. The summed E-state index contributed by atoms with van der Waals surface area (Å²) < 4.78 is 5.20. The van der Waals surface area contributed by atoms with Crippen molar-refractivity contribution in [1.29, 1.82) is 0 Å². The van der Waals surface area contributed by atoms with E-state index >= 15 is 0 Å². The van der Waals surface area contributed by atoms with Crippen molar-refractivity contribution in [1.82, 2.24) is 4.90 Å². The Morgan fingerprint density at radius 2 is 1.68 bits per heavy atom. The molecule has 0 spiro atoms. The third-order valence-corrected chi connectivity index (χ3v) is 5.07. The molecule has 0 radical (unpaired) electrons. The Labute approximate surface area is 165 Å². The van der Waals surface area contributed by atoms with Gasteiger partial charge in [-0.1, -0.05) is 50.2 Å². The number of aliphatic hydroxyl groups is 1. The summed E-state index contributed by atoms with van der Waals surface area (Å²) in [5, 5.41) is 10.9. The van der Waals surface area contributed by atoms with Crippen molar-refractivity contribution >= 4 is 17.4 Å². The molecule has 5 nitrogen and oxygen atoms in total. The maximum absolute atomic E-state index is 12.8. The number of benzene rings is 2. The summed E-state index contributed by atoms with van der Waals surface area (Å²) in [5.74, 6) is -0.674. The highest BCUT2D eigenvalue weighted by Gasteiger charge is 2.45. The van der Waals surface area contributed by atoms with Crippen LogP contribution in [0.25, 0.3) is 5.76 Å². The van der Waals surface area contributed by atoms with Crippen LogP contribution in [0.5, 0.6) is 5.75 Å². The van der Waals surface area contributed by atoms with E-state index in [1.807, 2.05) is 31.2 Å². The second kappa shape index (κ2) is 8.30. The second-order valence-corrected chi connectivity index (χ2v) is 6.82. The Hall–Kier alpha value is -3.08. The lowest BCUT2D eigenvalue weighted by Gasteiger charge is -2.25. The first-order valence-corrected chi connectivity index (χ1v) is 9.53. The standard InChI is InChI=1S/C23H25NO4/c1-4-14-24-20(16-10-12-18(28-3)13-11-16)19(22(26)23(24)27)21(25)17-8-6-15(5-2)7-9-17/h6-13,20,25H,4-5,14H2,1-3H3/b21-19-. The molecule has 28 heavy (non-hydrogen) atoms. The largest absolute Gasteiger partial charge is 0.507 e. The summed E-state index contributed by atoms with van der Waals surface area (Å²) >= 11 is 0. The Kier molecular flexibility index (Phi) is 5.83. The highest BCUT2D eigenvalue weighted by atomic mass is 16.5. The van der Waals surface area contributed by atoms with E-state index in [1.54, 1.807) is 31.4 Å². The first-order valence-electron chi connectivity index (χ1n) is 9.53. The highest BCUT2D eigenvalue weighted by molar-refractivity contribution is 6.46. The minimum atomic E-state index is -0.647. The van der Waals surface area contributed by atoms with Gasteiger partial charge in [-0.25, -0.2) is 0 Å². The van der Waals surface area contributed by atoms with Gasteiger partial charge in [0.15, 0.2) is 0 Å². The van der Waals surface area contributed by atoms with Gasteiger partial charge in [-0.2, -0.15) is 0 Å². The number of ether oxygens (including phenoxy) is 1. The fraction of sp³-hybridized carbons (Fsp3) is 0.304. The molecular weight excluding hydrogens is 354 g/mol. The number of rotatable bonds is 6. The number of likely N-dealkylation sites (tertiary alicyclic amines) is 1. The van der Waals surface area contributed by atoms with Gasteiger partial charge in [-0.3, -0.25) is 9.59 Å². The number of hydrogen-bond donors (Lipinski definition) is 1. The molecule has 3 rings (SSSR count). The third-order valence-electron chi connectivity index (χ3n) is 5.07. The van der Waals surface area contributed by atoms with Crippen LogP contribution in [0.1, 0.15) is 43.0 Å². The van der Waals surface area contributed by atoms with Crippen molar-refractivity contribution in [3.63, 3.8) is 0 Å². The zero-order valence-electron chi connectivity index (χ0n) is 16.4. The number of ketones is 1. The predicted octanol–water partition coefficient (Wildman–Crippen LogP) is 4.09. The number of amides is 1. The first-order chi connectivity index (χ1) is 13.5. The number of methoxy groups -OCH3 is 1. The van der Waals surface area contributed by atoms with Crippen LogP contribution in [0, 0.1) is 0 Å². The molecule has 1 atom stereocenters. The lowest BCUT2D eigenvalue weighted by Crippen LogP contribution is -2.30. The van der Waals surface area contributed by atoms with E-state index in [1.165, 1.54) is 4.90 Å². The van der Waals surface area contributed by atoms with Crippen LogP contribution in [-0.2, 0) is 16.0 Å². The van der Waals surface area contributed by atoms with Crippen molar-refractivity contribution < 1.29 is 19.4 Å². The van der Waals surface area contributed by atoms with Crippen molar-refractivity contribution in [3.05, 3.63) is 70.8 Å². The van der Waals surface area contributed by atoms with E-state index in [-0.39, 0.29) is 11.3 Å². The zero-order valence-corrected chi connectivity index (χ0v) is 16.4. The monoisotopic (exact) mass is 379 g/mol. The molecule has 5 heteroatoms. The molecule has 146 valence electrons. The number of aryl methyl sites for hydroxylation is 1. The van der Waals surface area contributed by atoms with E-state index in [0.29, 0.717) is 24.3 Å². The Balaban J connectivity index is 2.13. The zero-order chi connectivity index (χ0) is 20.3.